The smallest absolute Gasteiger partial charge is 0.406 e. The summed E-state index contributed by atoms with van der Waals surface area (Å²) in [6, 6.07) is 5.39. The van der Waals surface area contributed by atoms with Crippen molar-refractivity contribution in [1.82, 2.24) is 14.5 Å². The van der Waals surface area contributed by atoms with Crippen molar-refractivity contribution in [1.29, 1.82) is 0 Å². The highest BCUT2D eigenvalue weighted by Crippen LogP contribution is 2.34. The second kappa shape index (κ2) is 9.43. The van der Waals surface area contributed by atoms with E-state index >= 15 is 0 Å². The molecule has 1 saturated heterocycles. The molecule has 0 bridgehead atoms. The topological polar surface area (TPSA) is 68.6 Å². The van der Waals surface area contributed by atoms with Crippen LogP contribution in [0.4, 0.5) is 24.7 Å². The number of amides is 1. The molecule has 1 amide bonds. The van der Waals surface area contributed by atoms with Gasteiger partial charge in [-0.1, -0.05) is 11.6 Å². The summed E-state index contributed by atoms with van der Waals surface area (Å²) in [6.07, 6.45) is -1.52. The van der Waals surface area contributed by atoms with Gasteiger partial charge >= 0.3 is 6.36 Å². The largest absolute Gasteiger partial charge is 0.573 e. The zero-order valence-corrected chi connectivity index (χ0v) is 18.4. The molecule has 1 N–H and O–H groups in total. The number of ether oxygens (including phenoxy) is 2. The number of alkyl halides is 3. The van der Waals surface area contributed by atoms with Crippen LogP contribution in [0.3, 0.4) is 0 Å². The number of hydrogen-bond donors (Lipinski definition) is 1. The third kappa shape index (κ3) is 5.03. The molecular weight excluding hydrogens is 472 g/mol. The summed E-state index contributed by atoms with van der Waals surface area (Å²) < 4.78 is 48.2. The minimum atomic E-state index is -4.81. The van der Waals surface area contributed by atoms with Crippen LogP contribution in [0.15, 0.2) is 36.7 Å². The van der Waals surface area contributed by atoms with Crippen molar-refractivity contribution in [3.8, 4) is 5.75 Å². The molecule has 32 heavy (non-hydrogen) atoms. The molecular formula is C20H19Cl2F3N4O3. The molecule has 3 aromatic rings. The molecule has 0 radical (unpaired) electrons. The standard InChI is InChI=1S/C20H18ClF3N4O3.ClH/c1-27-5-4-13-17(27)14(19(29)28-6-8-30-9-7-28)11-25-18(13)26-16-3-2-12(10-15(16)21)31-20(22,23)24;/h2-5,10-11H,6-9H2,1H3,(H,25,26);1H. The van der Waals surface area contributed by atoms with Crippen molar-refractivity contribution in [2.45, 2.75) is 6.36 Å². The molecule has 1 aromatic carbocycles. The van der Waals surface area contributed by atoms with Gasteiger partial charge in [-0.15, -0.1) is 25.6 Å². The number of pyridine rings is 1. The first-order chi connectivity index (χ1) is 14.7. The lowest BCUT2D eigenvalue weighted by Gasteiger charge is -2.27. The number of rotatable bonds is 4. The summed E-state index contributed by atoms with van der Waals surface area (Å²) in [4.78, 5) is 19.1. The number of nitrogens with zero attached hydrogens (tertiary/aromatic N) is 3. The summed E-state index contributed by atoms with van der Waals surface area (Å²) in [7, 11) is 1.82. The van der Waals surface area contributed by atoms with E-state index in [4.69, 9.17) is 16.3 Å². The lowest BCUT2D eigenvalue weighted by Crippen LogP contribution is -2.40. The number of aryl methyl sites for hydroxylation is 1. The molecule has 7 nitrogen and oxygen atoms in total. The molecule has 3 heterocycles. The van der Waals surface area contributed by atoms with Crippen LogP contribution in [0.5, 0.6) is 5.75 Å². The number of benzene rings is 1. The Morgan fingerprint density at radius 3 is 2.62 bits per heavy atom. The molecule has 1 aliphatic heterocycles. The predicted octanol–water partition coefficient (Wildman–Crippen LogP) is 4.76. The van der Waals surface area contributed by atoms with Crippen LogP contribution in [0.25, 0.3) is 10.9 Å². The van der Waals surface area contributed by atoms with Crippen LogP contribution in [-0.4, -0.2) is 53.0 Å². The zero-order valence-electron chi connectivity index (χ0n) is 16.8. The van der Waals surface area contributed by atoms with Crippen LogP contribution in [0.2, 0.25) is 5.02 Å². The Bertz CT molecular complexity index is 1130. The third-order valence-corrected chi connectivity index (χ3v) is 5.17. The normalized spacial score (nSPS) is 14.2. The molecule has 4 rings (SSSR count). The highest BCUT2D eigenvalue weighted by atomic mass is 35.5. The minimum Gasteiger partial charge on any atom is -0.406 e. The lowest BCUT2D eigenvalue weighted by atomic mass is 10.1. The van der Waals surface area contributed by atoms with Crippen LogP contribution >= 0.6 is 24.0 Å². The van der Waals surface area contributed by atoms with Gasteiger partial charge in [0.1, 0.15) is 11.6 Å². The Hall–Kier alpha value is -2.69. The van der Waals surface area contributed by atoms with Crippen LogP contribution in [0, 0.1) is 0 Å². The SMILES string of the molecule is Cl.Cn1ccc2c(Nc3ccc(OC(F)(F)F)cc3Cl)ncc(C(=O)N3CCOCC3)c21. The molecule has 12 heteroatoms. The van der Waals surface area contributed by atoms with Crippen LogP contribution in [0.1, 0.15) is 10.4 Å². The van der Waals surface area contributed by atoms with Gasteiger partial charge in [-0.3, -0.25) is 4.79 Å². The van der Waals surface area contributed by atoms with Gasteiger partial charge in [-0.05, 0) is 18.2 Å². The van der Waals surface area contributed by atoms with Crippen LogP contribution in [-0.2, 0) is 11.8 Å². The molecule has 2 aromatic heterocycles. The zero-order chi connectivity index (χ0) is 22.2. The molecule has 0 aliphatic carbocycles. The average molecular weight is 491 g/mol. The predicted molar refractivity (Wildman–Crippen MR) is 116 cm³/mol. The Morgan fingerprint density at radius 2 is 1.97 bits per heavy atom. The molecule has 0 saturated carbocycles. The van der Waals surface area contributed by atoms with Crippen molar-refractivity contribution >= 4 is 52.3 Å². The van der Waals surface area contributed by atoms with Crippen molar-refractivity contribution in [2.24, 2.45) is 7.05 Å². The van der Waals surface area contributed by atoms with Gasteiger partial charge in [-0.2, -0.15) is 0 Å². The Labute approximate surface area is 192 Å². The fourth-order valence-corrected chi connectivity index (χ4v) is 3.65. The van der Waals surface area contributed by atoms with Crippen molar-refractivity contribution in [3.63, 3.8) is 0 Å². The van der Waals surface area contributed by atoms with E-state index in [0.717, 1.165) is 12.1 Å². The van der Waals surface area contributed by atoms with Crippen molar-refractivity contribution in [3.05, 3.63) is 47.2 Å². The lowest BCUT2D eigenvalue weighted by molar-refractivity contribution is -0.274. The maximum absolute atomic E-state index is 13.0. The number of carbonyl (C=O) groups is 1. The fraction of sp³-hybridized carbons (Fsp3) is 0.300. The van der Waals surface area contributed by atoms with E-state index in [9.17, 15) is 18.0 Å². The van der Waals surface area contributed by atoms with E-state index in [2.05, 4.69) is 15.0 Å². The van der Waals surface area contributed by atoms with Gasteiger partial charge < -0.3 is 24.3 Å². The van der Waals surface area contributed by atoms with E-state index in [1.165, 1.54) is 12.3 Å². The molecule has 1 fully saturated rings. The van der Waals surface area contributed by atoms with Gasteiger partial charge in [0.2, 0.25) is 0 Å². The van der Waals surface area contributed by atoms with Crippen molar-refractivity contribution in [2.75, 3.05) is 31.6 Å². The summed E-state index contributed by atoms with van der Waals surface area (Å²) in [5.41, 5.74) is 1.48. The highest BCUT2D eigenvalue weighted by molar-refractivity contribution is 6.33. The average Bonchev–Trinajstić information content (AvgIpc) is 3.11. The van der Waals surface area contributed by atoms with E-state index in [1.807, 2.05) is 11.6 Å². The number of halogens is 5. The van der Waals surface area contributed by atoms with Gasteiger partial charge in [0, 0.05) is 44.0 Å². The number of carbonyl (C=O) groups excluding carboxylic acids is 1. The summed E-state index contributed by atoms with van der Waals surface area (Å²) in [6.45, 7) is 1.99. The molecule has 172 valence electrons. The van der Waals surface area contributed by atoms with E-state index in [-0.39, 0.29) is 23.3 Å². The summed E-state index contributed by atoms with van der Waals surface area (Å²) in [5.74, 6) is -0.145. The minimum absolute atomic E-state index is 0. The molecule has 1 aliphatic rings. The highest BCUT2D eigenvalue weighted by Gasteiger charge is 2.31. The maximum atomic E-state index is 13.0. The summed E-state index contributed by atoms with van der Waals surface area (Å²) >= 11 is 6.13. The number of fused-ring (bicyclic) bond motifs is 1. The van der Waals surface area contributed by atoms with E-state index in [1.54, 1.807) is 17.2 Å². The first-order valence-electron chi connectivity index (χ1n) is 9.36. The van der Waals surface area contributed by atoms with Crippen molar-refractivity contribution < 1.29 is 27.4 Å². The van der Waals surface area contributed by atoms with Gasteiger partial charge in [0.15, 0.2) is 0 Å². The number of nitrogens with one attached hydrogen (secondary N) is 1. The van der Waals surface area contributed by atoms with Gasteiger partial charge in [0.25, 0.3) is 5.91 Å². The fourth-order valence-electron chi connectivity index (χ4n) is 3.43. The monoisotopic (exact) mass is 490 g/mol. The van der Waals surface area contributed by atoms with Gasteiger partial charge in [0.05, 0.1) is 35.0 Å². The first-order valence-corrected chi connectivity index (χ1v) is 9.74. The third-order valence-electron chi connectivity index (χ3n) is 4.86. The number of aromatic nitrogens is 2. The number of anilines is 2. The van der Waals surface area contributed by atoms with E-state index < -0.39 is 12.1 Å². The molecule has 0 atom stereocenters. The maximum Gasteiger partial charge on any atom is 0.573 e. The first kappa shape index (κ1) is 24.0. The second-order valence-corrected chi connectivity index (χ2v) is 7.34. The Balaban J connectivity index is 0.00000289. The van der Waals surface area contributed by atoms with Gasteiger partial charge in [-0.25, -0.2) is 4.98 Å². The Kier molecular flexibility index (Phi) is 7.06. The molecule has 0 unspecified atom stereocenters. The second-order valence-electron chi connectivity index (χ2n) is 6.93. The summed E-state index contributed by atoms with van der Waals surface area (Å²) in [5, 5.41) is 3.73. The quantitative estimate of drug-likeness (QED) is 0.570. The van der Waals surface area contributed by atoms with E-state index in [0.29, 0.717) is 54.3 Å². The van der Waals surface area contributed by atoms with Crippen LogP contribution < -0.4 is 10.1 Å². The number of morpholine rings is 1. The Morgan fingerprint density at radius 1 is 1.25 bits per heavy atom. The number of hydrogen-bond acceptors (Lipinski definition) is 5. The molecule has 0 spiro atoms.